The third-order valence-corrected chi connectivity index (χ3v) is 1.80. The van der Waals surface area contributed by atoms with Crippen LogP contribution in [0.15, 0.2) is 24.3 Å². The number of terminal acetylenes is 1. The second-order valence-corrected chi connectivity index (χ2v) is 2.85. The maximum atomic E-state index is 12.4. The normalized spacial score (nSPS) is 10.8. The fourth-order valence-electron chi connectivity index (χ4n) is 1.16. The summed E-state index contributed by atoms with van der Waals surface area (Å²) in [5, 5.41) is 0. The van der Waals surface area contributed by atoms with E-state index in [1.807, 2.05) is 5.92 Å². The van der Waals surface area contributed by atoms with E-state index in [0.29, 0.717) is 0 Å². The Morgan fingerprint density at radius 1 is 1.33 bits per heavy atom. The number of ketones is 1. The number of hydrogen-bond donors (Lipinski definition) is 0. The molecule has 0 aliphatic carbocycles. The minimum atomic E-state index is -4.53. The van der Waals surface area contributed by atoms with E-state index in [2.05, 4.69) is 0 Å². The highest BCUT2D eigenvalue weighted by atomic mass is 19.4. The SMILES string of the molecule is C#CCC(=O)c1ccccc1C(F)(F)F. The lowest BCUT2D eigenvalue weighted by Gasteiger charge is -2.10. The first-order valence-corrected chi connectivity index (χ1v) is 4.09. The Balaban J connectivity index is 3.20. The molecule has 1 rings (SSSR count). The second-order valence-electron chi connectivity index (χ2n) is 2.85. The first-order chi connectivity index (χ1) is 6.96. The monoisotopic (exact) mass is 212 g/mol. The van der Waals surface area contributed by atoms with Gasteiger partial charge in [-0.25, -0.2) is 0 Å². The van der Waals surface area contributed by atoms with Gasteiger partial charge >= 0.3 is 6.18 Å². The van der Waals surface area contributed by atoms with Crippen molar-refractivity contribution in [1.29, 1.82) is 0 Å². The molecule has 0 fully saturated rings. The lowest BCUT2D eigenvalue weighted by molar-refractivity contribution is -0.137. The van der Waals surface area contributed by atoms with Crippen molar-refractivity contribution in [2.45, 2.75) is 12.6 Å². The van der Waals surface area contributed by atoms with E-state index < -0.39 is 17.5 Å². The molecule has 0 bridgehead atoms. The molecule has 0 radical (unpaired) electrons. The van der Waals surface area contributed by atoms with Gasteiger partial charge in [0.15, 0.2) is 5.78 Å². The zero-order valence-electron chi connectivity index (χ0n) is 7.64. The highest BCUT2D eigenvalue weighted by Crippen LogP contribution is 2.32. The van der Waals surface area contributed by atoms with Crippen LogP contribution in [0.25, 0.3) is 0 Å². The van der Waals surface area contributed by atoms with Crippen LogP contribution in [0.3, 0.4) is 0 Å². The summed E-state index contributed by atoms with van der Waals surface area (Å²) < 4.78 is 37.3. The molecule has 0 amide bonds. The van der Waals surface area contributed by atoms with Crippen molar-refractivity contribution < 1.29 is 18.0 Å². The number of halogens is 3. The van der Waals surface area contributed by atoms with Crippen molar-refractivity contribution in [1.82, 2.24) is 0 Å². The molecule has 0 saturated carbocycles. The molecule has 0 heterocycles. The average Bonchev–Trinajstić information content (AvgIpc) is 2.17. The van der Waals surface area contributed by atoms with E-state index in [4.69, 9.17) is 6.42 Å². The van der Waals surface area contributed by atoms with Gasteiger partial charge < -0.3 is 0 Å². The van der Waals surface area contributed by atoms with Crippen molar-refractivity contribution in [2.75, 3.05) is 0 Å². The van der Waals surface area contributed by atoms with Crippen LogP contribution in [0.4, 0.5) is 13.2 Å². The van der Waals surface area contributed by atoms with Crippen LogP contribution >= 0.6 is 0 Å². The van der Waals surface area contributed by atoms with Gasteiger partial charge in [-0.1, -0.05) is 24.1 Å². The van der Waals surface area contributed by atoms with Crippen LogP contribution in [0, 0.1) is 12.3 Å². The number of benzene rings is 1. The molecule has 0 atom stereocenters. The van der Waals surface area contributed by atoms with Gasteiger partial charge in [-0.05, 0) is 6.07 Å². The summed E-state index contributed by atoms with van der Waals surface area (Å²) in [6.07, 6.45) is 0.0206. The van der Waals surface area contributed by atoms with Gasteiger partial charge in [0.2, 0.25) is 0 Å². The molecule has 1 aromatic rings. The summed E-state index contributed by atoms with van der Waals surface area (Å²) in [4.78, 5) is 11.3. The Bertz CT molecular complexity index is 413. The van der Waals surface area contributed by atoms with Crippen molar-refractivity contribution in [3.8, 4) is 12.3 Å². The number of carbonyl (C=O) groups excluding carboxylic acids is 1. The molecule has 0 aliphatic rings. The zero-order valence-corrected chi connectivity index (χ0v) is 7.64. The summed E-state index contributed by atoms with van der Waals surface area (Å²) in [5.74, 6) is 1.34. The maximum absolute atomic E-state index is 12.4. The Labute approximate surface area is 84.9 Å². The number of Topliss-reactive ketones (excluding diaryl/α,β-unsaturated/α-hetero) is 1. The molecule has 0 unspecified atom stereocenters. The van der Waals surface area contributed by atoms with Crippen LogP contribution in [0.1, 0.15) is 22.3 Å². The van der Waals surface area contributed by atoms with E-state index in [9.17, 15) is 18.0 Å². The van der Waals surface area contributed by atoms with E-state index in [1.165, 1.54) is 12.1 Å². The summed E-state index contributed by atoms with van der Waals surface area (Å²) in [6, 6.07) is 4.60. The molecule has 0 aromatic heterocycles. The number of alkyl halides is 3. The predicted molar refractivity (Wildman–Crippen MR) is 49.2 cm³/mol. The van der Waals surface area contributed by atoms with Crippen molar-refractivity contribution in [3.63, 3.8) is 0 Å². The Kier molecular flexibility index (Phi) is 3.15. The molecular weight excluding hydrogens is 205 g/mol. The van der Waals surface area contributed by atoms with Crippen LogP contribution in [0.5, 0.6) is 0 Å². The topological polar surface area (TPSA) is 17.1 Å². The first kappa shape index (κ1) is 11.3. The van der Waals surface area contributed by atoms with Crippen LogP contribution in [0.2, 0.25) is 0 Å². The van der Waals surface area contributed by atoms with Gasteiger partial charge in [-0.2, -0.15) is 13.2 Å². The minimum Gasteiger partial charge on any atom is -0.293 e. The molecule has 0 saturated heterocycles. The van der Waals surface area contributed by atoms with Crippen LogP contribution < -0.4 is 0 Å². The van der Waals surface area contributed by atoms with Gasteiger partial charge in [-0.15, -0.1) is 6.42 Å². The van der Waals surface area contributed by atoms with Crippen molar-refractivity contribution in [2.24, 2.45) is 0 Å². The average molecular weight is 212 g/mol. The third-order valence-electron chi connectivity index (χ3n) is 1.80. The maximum Gasteiger partial charge on any atom is 0.417 e. The first-order valence-electron chi connectivity index (χ1n) is 4.09. The smallest absolute Gasteiger partial charge is 0.293 e. The molecule has 1 aromatic carbocycles. The second kappa shape index (κ2) is 4.18. The largest absolute Gasteiger partial charge is 0.417 e. The van der Waals surface area contributed by atoms with Gasteiger partial charge in [0, 0.05) is 5.56 Å². The minimum absolute atomic E-state index is 0.326. The molecule has 0 N–H and O–H groups in total. The number of carbonyl (C=O) groups is 1. The quantitative estimate of drug-likeness (QED) is 0.544. The van der Waals surface area contributed by atoms with Gasteiger partial charge in [-0.3, -0.25) is 4.79 Å². The number of rotatable bonds is 2. The van der Waals surface area contributed by atoms with Crippen LogP contribution in [-0.4, -0.2) is 5.78 Å². The number of hydrogen-bond acceptors (Lipinski definition) is 1. The molecular formula is C11H7F3O. The summed E-state index contributed by atoms with van der Waals surface area (Å²) in [7, 11) is 0. The molecule has 15 heavy (non-hydrogen) atoms. The van der Waals surface area contributed by atoms with E-state index in [0.717, 1.165) is 12.1 Å². The van der Waals surface area contributed by atoms with Gasteiger partial charge in [0.1, 0.15) is 0 Å². The highest BCUT2D eigenvalue weighted by molar-refractivity contribution is 5.99. The van der Waals surface area contributed by atoms with E-state index in [1.54, 1.807) is 0 Å². The summed E-state index contributed by atoms with van der Waals surface area (Å²) in [6.45, 7) is 0. The third kappa shape index (κ3) is 2.59. The molecule has 0 spiro atoms. The standard InChI is InChI=1S/C11H7F3O/c1-2-5-10(15)8-6-3-4-7-9(8)11(12,13)14/h1,3-4,6-7H,5H2. The molecule has 4 heteroatoms. The predicted octanol–water partition coefficient (Wildman–Crippen LogP) is 2.91. The molecule has 0 aliphatic heterocycles. The zero-order chi connectivity index (χ0) is 11.5. The molecule has 78 valence electrons. The van der Waals surface area contributed by atoms with Gasteiger partial charge in [0.05, 0.1) is 12.0 Å². The summed E-state index contributed by atoms with van der Waals surface area (Å²) >= 11 is 0. The van der Waals surface area contributed by atoms with Gasteiger partial charge in [0.25, 0.3) is 0 Å². The molecule has 1 nitrogen and oxygen atoms in total. The Hall–Kier alpha value is -1.76. The lowest BCUT2D eigenvalue weighted by Crippen LogP contribution is -2.12. The van der Waals surface area contributed by atoms with E-state index in [-0.39, 0.29) is 12.0 Å². The Morgan fingerprint density at radius 2 is 1.93 bits per heavy atom. The summed E-state index contributed by atoms with van der Waals surface area (Å²) in [5.41, 5.74) is -1.31. The fourth-order valence-corrected chi connectivity index (χ4v) is 1.16. The Morgan fingerprint density at radius 3 is 2.47 bits per heavy atom. The highest BCUT2D eigenvalue weighted by Gasteiger charge is 2.34. The van der Waals surface area contributed by atoms with Crippen LogP contribution in [-0.2, 0) is 6.18 Å². The van der Waals surface area contributed by atoms with E-state index >= 15 is 0 Å². The van der Waals surface area contributed by atoms with Crippen molar-refractivity contribution in [3.05, 3.63) is 35.4 Å². The van der Waals surface area contributed by atoms with Crippen molar-refractivity contribution >= 4 is 5.78 Å². The lowest BCUT2D eigenvalue weighted by atomic mass is 10.0. The fraction of sp³-hybridized carbons (Fsp3) is 0.182.